The number of hydrogen-bond donors (Lipinski definition) is 4. The van der Waals surface area contributed by atoms with Crippen LogP contribution in [0.4, 0.5) is 0 Å². The highest BCUT2D eigenvalue weighted by Crippen LogP contribution is 2.03. The van der Waals surface area contributed by atoms with Gasteiger partial charge in [-0.05, 0) is 31.8 Å². The summed E-state index contributed by atoms with van der Waals surface area (Å²) >= 11 is 0. The molecular weight excluding hydrogens is 288 g/mol. The van der Waals surface area contributed by atoms with E-state index in [1.165, 1.54) is 0 Å². The van der Waals surface area contributed by atoms with Crippen molar-refractivity contribution in [2.45, 2.75) is 78.9 Å². The molecule has 0 aliphatic heterocycles. The van der Waals surface area contributed by atoms with Gasteiger partial charge in [0, 0.05) is 25.2 Å². The number of carbonyl (C=O) groups excluding carboxylic acids is 1. The summed E-state index contributed by atoms with van der Waals surface area (Å²) < 4.78 is 0. The van der Waals surface area contributed by atoms with Gasteiger partial charge in [0.2, 0.25) is 5.91 Å². The maximum atomic E-state index is 12.4. The molecule has 1 atom stereocenters. The standard InChI is InChI=1S/C18H40N4O/c1-14(2)13-22-17(9-7-8-10-19-15(3)4)18(23)21-12-11-20-16(5)6/h14-17,19-20,22H,7-13H2,1-6H3,(H,21,23). The van der Waals surface area contributed by atoms with Crippen molar-refractivity contribution in [3.63, 3.8) is 0 Å². The maximum absolute atomic E-state index is 12.4. The number of carbonyl (C=O) groups is 1. The zero-order chi connectivity index (χ0) is 17.7. The molecule has 0 aromatic heterocycles. The normalized spacial score (nSPS) is 13.1. The second kappa shape index (κ2) is 13.8. The molecule has 4 N–H and O–H groups in total. The Morgan fingerprint density at radius 2 is 1.39 bits per heavy atom. The van der Waals surface area contributed by atoms with Gasteiger partial charge in [-0.1, -0.05) is 48.0 Å². The van der Waals surface area contributed by atoms with E-state index < -0.39 is 0 Å². The Labute approximate surface area is 143 Å². The first-order valence-electron chi connectivity index (χ1n) is 9.30. The Kier molecular flexibility index (Phi) is 13.4. The number of nitrogens with one attached hydrogen (secondary N) is 4. The van der Waals surface area contributed by atoms with E-state index in [0.29, 0.717) is 24.5 Å². The minimum atomic E-state index is -0.0736. The first-order valence-corrected chi connectivity index (χ1v) is 9.30. The first kappa shape index (κ1) is 22.4. The van der Waals surface area contributed by atoms with E-state index in [0.717, 1.165) is 38.9 Å². The third-order valence-electron chi connectivity index (χ3n) is 3.54. The lowest BCUT2D eigenvalue weighted by molar-refractivity contribution is -0.123. The summed E-state index contributed by atoms with van der Waals surface area (Å²) in [5, 5.41) is 13.2. The molecule has 1 amide bonds. The topological polar surface area (TPSA) is 65.2 Å². The quantitative estimate of drug-likeness (QED) is 0.368. The molecule has 5 nitrogen and oxygen atoms in total. The third kappa shape index (κ3) is 14.7. The van der Waals surface area contributed by atoms with Crippen molar-refractivity contribution >= 4 is 5.91 Å². The average Bonchev–Trinajstić information content (AvgIpc) is 2.45. The van der Waals surface area contributed by atoms with Gasteiger partial charge in [-0.15, -0.1) is 0 Å². The number of hydrogen-bond acceptors (Lipinski definition) is 4. The van der Waals surface area contributed by atoms with E-state index >= 15 is 0 Å². The van der Waals surface area contributed by atoms with E-state index in [4.69, 9.17) is 0 Å². The van der Waals surface area contributed by atoms with E-state index in [2.05, 4.69) is 62.8 Å². The SMILES string of the molecule is CC(C)CNC(CCCCNC(C)C)C(=O)NCCNC(C)C. The van der Waals surface area contributed by atoms with Crippen molar-refractivity contribution in [3.8, 4) is 0 Å². The van der Waals surface area contributed by atoms with Crippen LogP contribution in [-0.4, -0.2) is 50.2 Å². The van der Waals surface area contributed by atoms with Crippen LogP contribution in [0.2, 0.25) is 0 Å². The minimum Gasteiger partial charge on any atom is -0.353 e. The highest BCUT2D eigenvalue weighted by atomic mass is 16.2. The van der Waals surface area contributed by atoms with Crippen LogP contribution in [0.3, 0.4) is 0 Å². The molecule has 5 heteroatoms. The molecular formula is C18H40N4O. The van der Waals surface area contributed by atoms with Crippen LogP contribution in [-0.2, 0) is 4.79 Å². The molecule has 138 valence electrons. The summed E-state index contributed by atoms with van der Waals surface area (Å²) in [7, 11) is 0. The second-order valence-electron chi connectivity index (χ2n) is 7.36. The first-order chi connectivity index (χ1) is 10.8. The number of unbranched alkanes of at least 4 members (excludes halogenated alkanes) is 1. The lowest BCUT2D eigenvalue weighted by Gasteiger charge is -2.20. The van der Waals surface area contributed by atoms with Crippen molar-refractivity contribution in [3.05, 3.63) is 0 Å². The van der Waals surface area contributed by atoms with Crippen molar-refractivity contribution in [1.82, 2.24) is 21.3 Å². The van der Waals surface area contributed by atoms with Gasteiger partial charge in [-0.25, -0.2) is 0 Å². The molecule has 0 aromatic carbocycles. The summed E-state index contributed by atoms with van der Waals surface area (Å²) in [4.78, 5) is 12.4. The van der Waals surface area contributed by atoms with E-state index in [-0.39, 0.29) is 11.9 Å². The van der Waals surface area contributed by atoms with Gasteiger partial charge >= 0.3 is 0 Å². The third-order valence-corrected chi connectivity index (χ3v) is 3.54. The molecule has 23 heavy (non-hydrogen) atoms. The predicted molar refractivity (Wildman–Crippen MR) is 99.8 cm³/mol. The molecule has 0 heterocycles. The highest BCUT2D eigenvalue weighted by molar-refractivity contribution is 5.81. The fraction of sp³-hybridized carbons (Fsp3) is 0.944. The van der Waals surface area contributed by atoms with Crippen molar-refractivity contribution < 1.29 is 4.79 Å². The number of amides is 1. The van der Waals surface area contributed by atoms with Gasteiger partial charge in [0.15, 0.2) is 0 Å². The second-order valence-corrected chi connectivity index (χ2v) is 7.36. The molecule has 0 bridgehead atoms. The smallest absolute Gasteiger partial charge is 0.237 e. The number of rotatable bonds is 14. The van der Waals surface area contributed by atoms with Crippen LogP contribution in [0, 0.1) is 5.92 Å². The van der Waals surface area contributed by atoms with Gasteiger partial charge in [-0.3, -0.25) is 4.79 Å². The largest absolute Gasteiger partial charge is 0.353 e. The van der Waals surface area contributed by atoms with Crippen LogP contribution in [0.1, 0.15) is 60.8 Å². The Bertz CT molecular complexity index is 293. The van der Waals surface area contributed by atoms with Gasteiger partial charge < -0.3 is 21.3 Å². The summed E-state index contributed by atoms with van der Waals surface area (Å²) in [5.74, 6) is 0.684. The minimum absolute atomic E-state index is 0.0736. The Morgan fingerprint density at radius 3 is 1.96 bits per heavy atom. The summed E-state index contributed by atoms with van der Waals surface area (Å²) in [6.45, 7) is 16.3. The van der Waals surface area contributed by atoms with E-state index in [9.17, 15) is 4.79 Å². The van der Waals surface area contributed by atoms with Crippen LogP contribution in [0.5, 0.6) is 0 Å². The van der Waals surface area contributed by atoms with Crippen molar-refractivity contribution in [1.29, 1.82) is 0 Å². The molecule has 0 aromatic rings. The lowest BCUT2D eigenvalue weighted by Crippen LogP contribution is -2.47. The van der Waals surface area contributed by atoms with Gasteiger partial charge in [0.25, 0.3) is 0 Å². The molecule has 0 rings (SSSR count). The summed E-state index contributed by atoms with van der Waals surface area (Å²) in [6, 6.07) is 0.910. The maximum Gasteiger partial charge on any atom is 0.237 e. The van der Waals surface area contributed by atoms with E-state index in [1.54, 1.807) is 0 Å². The monoisotopic (exact) mass is 328 g/mol. The lowest BCUT2D eigenvalue weighted by atomic mass is 10.1. The van der Waals surface area contributed by atoms with Gasteiger partial charge in [0.05, 0.1) is 6.04 Å². The van der Waals surface area contributed by atoms with Crippen molar-refractivity contribution in [2.75, 3.05) is 26.2 Å². The molecule has 0 spiro atoms. The summed E-state index contributed by atoms with van der Waals surface area (Å²) in [5.41, 5.74) is 0. The van der Waals surface area contributed by atoms with E-state index in [1.807, 2.05) is 0 Å². The summed E-state index contributed by atoms with van der Waals surface area (Å²) in [6.07, 6.45) is 3.07. The fourth-order valence-corrected chi connectivity index (χ4v) is 2.24. The zero-order valence-corrected chi connectivity index (χ0v) is 16.2. The molecule has 0 saturated carbocycles. The zero-order valence-electron chi connectivity index (χ0n) is 16.2. The average molecular weight is 329 g/mol. The Balaban J connectivity index is 4.08. The van der Waals surface area contributed by atoms with Gasteiger partial charge in [-0.2, -0.15) is 0 Å². The molecule has 0 aliphatic rings. The predicted octanol–water partition coefficient (Wildman–Crippen LogP) is 1.88. The van der Waals surface area contributed by atoms with Crippen LogP contribution in [0.15, 0.2) is 0 Å². The molecule has 0 aliphatic carbocycles. The van der Waals surface area contributed by atoms with Crippen LogP contribution in [0.25, 0.3) is 0 Å². The molecule has 0 fully saturated rings. The Hall–Kier alpha value is -0.650. The highest BCUT2D eigenvalue weighted by Gasteiger charge is 2.17. The molecule has 0 radical (unpaired) electrons. The van der Waals surface area contributed by atoms with Crippen molar-refractivity contribution in [2.24, 2.45) is 5.92 Å². The molecule has 1 unspecified atom stereocenters. The van der Waals surface area contributed by atoms with Crippen LogP contribution < -0.4 is 21.3 Å². The van der Waals surface area contributed by atoms with Gasteiger partial charge in [0.1, 0.15) is 0 Å². The fourth-order valence-electron chi connectivity index (χ4n) is 2.24. The molecule has 0 saturated heterocycles. The van der Waals surface area contributed by atoms with Crippen LogP contribution >= 0.6 is 0 Å². The Morgan fingerprint density at radius 1 is 0.783 bits per heavy atom.